The molecule has 0 radical (unpaired) electrons. The first-order valence-electron chi connectivity index (χ1n) is 7.40. The number of nitro benzene ring substituents is 1. The maximum absolute atomic E-state index is 11.9. The lowest BCUT2D eigenvalue weighted by atomic mass is 10.3. The van der Waals surface area contributed by atoms with E-state index in [1.54, 1.807) is 11.0 Å². The molecule has 0 saturated carbocycles. The topological polar surface area (TPSA) is 75.9 Å². The van der Waals surface area contributed by atoms with Crippen molar-refractivity contribution in [3.8, 4) is 5.75 Å². The van der Waals surface area contributed by atoms with Gasteiger partial charge in [-0.2, -0.15) is 0 Å². The van der Waals surface area contributed by atoms with Crippen LogP contribution in [0.15, 0.2) is 24.3 Å². The van der Waals surface area contributed by atoms with Crippen LogP contribution in [-0.2, 0) is 4.79 Å². The molecular weight excluding hydrogens is 286 g/mol. The summed E-state index contributed by atoms with van der Waals surface area (Å²) in [5.41, 5.74) is -0.0467. The van der Waals surface area contributed by atoms with Gasteiger partial charge in [-0.15, -0.1) is 0 Å². The van der Waals surface area contributed by atoms with Gasteiger partial charge >= 0.3 is 0 Å². The van der Waals surface area contributed by atoms with E-state index in [1.165, 1.54) is 18.2 Å². The number of ether oxygens (including phenoxy) is 1. The number of carbonyl (C=O) groups excluding carboxylic acids is 1. The van der Waals surface area contributed by atoms with Gasteiger partial charge in [0.25, 0.3) is 11.6 Å². The Balaban J connectivity index is 0.00000116. The van der Waals surface area contributed by atoms with Crippen LogP contribution in [0.2, 0.25) is 0 Å². The summed E-state index contributed by atoms with van der Waals surface area (Å²) in [7, 11) is 2.02. The third-order valence-electron chi connectivity index (χ3n) is 3.25. The maximum Gasteiger partial charge on any atom is 0.273 e. The molecule has 0 atom stereocenters. The van der Waals surface area contributed by atoms with Crippen LogP contribution in [0.4, 0.5) is 5.69 Å². The molecule has 2 rings (SSSR count). The summed E-state index contributed by atoms with van der Waals surface area (Å²) in [6.45, 7) is 6.98. The van der Waals surface area contributed by atoms with Gasteiger partial charge in [0.2, 0.25) is 0 Å². The monoisotopic (exact) mass is 309 g/mol. The molecule has 1 aromatic carbocycles. The first kappa shape index (κ1) is 17.9. The molecule has 0 spiro atoms. The van der Waals surface area contributed by atoms with Crippen molar-refractivity contribution in [3.63, 3.8) is 0 Å². The van der Waals surface area contributed by atoms with E-state index >= 15 is 0 Å². The number of non-ortho nitro benzene ring substituents is 1. The molecule has 7 heteroatoms. The third-order valence-corrected chi connectivity index (χ3v) is 3.25. The fourth-order valence-corrected chi connectivity index (χ4v) is 1.98. The van der Waals surface area contributed by atoms with Crippen LogP contribution in [-0.4, -0.2) is 60.5 Å². The third kappa shape index (κ3) is 5.33. The number of rotatable bonds is 4. The average molecular weight is 309 g/mol. The fraction of sp³-hybridized carbons (Fsp3) is 0.533. The van der Waals surface area contributed by atoms with E-state index in [1.807, 2.05) is 20.9 Å². The molecule has 122 valence electrons. The van der Waals surface area contributed by atoms with Crippen molar-refractivity contribution < 1.29 is 14.5 Å². The minimum absolute atomic E-state index is 0.0467. The molecule has 0 unspecified atom stereocenters. The van der Waals surface area contributed by atoms with Crippen LogP contribution in [0.5, 0.6) is 5.75 Å². The Morgan fingerprint density at radius 2 is 1.91 bits per heavy atom. The van der Waals surface area contributed by atoms with Crippen LogP contribution < -0.4 is 4.74 Å². The molecule has 0 aromatic heterocycles. The van der Waals surface area contributed by atoms with Crippen molar-refractivity contribution in [2.75, 3.05) is 39.8 Å². The predicted octanol–water partition coefficient (Wildman–Crippen LogP) is 1.77. The van der Waals surface area contributed by atoms with Crippen molar-refractivity contribution in [2.24, 2.45) is 0 Å². The molecular formula is C15H23N3O4. The molecule has 1 aromatic rings. The molecule has 7 nitrogen and oxygen atoms in total. The predicted molar refractivity (Wildman–Crippen MR) is 84.0 cm³/mol. The van der Waals surface area contributed by atoms with Crippen molar-refractivity contribution in [1.82, 2.24) is 9.80 Å². The van der Waals surface area contributed by atoms with Crippen LogP contribution in [0, 0.1) is 10.1 Å². The van der Waals surface area contributed by atoms with Gasteiger partial charge in [0.1, 0.15) is 5.75 Å². The number of carbonyl (C=O) groups is 1. The average Bonchev–Trinajstić information content (AvgIpc) is 2.55. The Bertz CT molecular complexity index is 499. The van der Waals surface area contributed by atoms with Gasteiger partial charge in [0.05, 0.1) is 11.0 Å². The molecule has 0 bridgehead atoms. The van der Waals surface area contributed by atoms with Crippen molar-refractivity contribution >= 4 is 11.6 Å². The molecule has 22 heavy (non-hydrogen) atoms. The molecule has 1 amide bonds. The second-order valence-electron chi connectivity index (χ2n) is 4.73. The minimum atomic E-state index is -0.491. The van der Waals surface area contributed by atoms with Crippen LogP contribution >= 0.6 is 0 Å². The van der Waals surface area contributed by atoms with E-state index in [9.17, 15) is 14.9 Å². The summed E-state index contributed by atoms with van der Waals surface area (Å²) < 4.78 is 5.33. The number of hydrogen-bond donors (Lipinski definition) is 0. The zero-order valence-electron chi connectivity index (χ0n) is 13.3. The lowest BCUT2D eigenvalue weighted by Gasteiger charge is -2.32. The van der Waals surface area contributed by atoms with Crippen LogP contribution in [0.3, 0.4) is 0 Å². The quantitative estimate of drug-likeness (QED) is 0.626. The summed E-state index contributed by atoms with van der Waals surface area (Å²) in [4.78, 5) is 26.0. The van der Waals surface area contributed by atoms with Gasteiger partial charge in [0, 0.05) is 32.2 Å². The van der Waals surface area contributed by atoms with E-state index < -0.39 is 4.92 Å². The Morgan fingerprint density at radius 1 is 1.27 bits per heavy atom. The molecule has 1 fully saturated rings. The van der Waals surface area contributed by atoms with E-state index in [0.29, 0.717) is 18.8 Å². The lowest BCUT2D eigenvalue weighted by molar-refractivity contribution is -0.384. The standard InChI is InChI=1S/C13H17N3O4.C2H6/c1-14-5-7-15(8-6-14)13(17)10-20-12-4-2-3-11(9-12)16(18)19;1-2/h2-4,9H,5-8,10H2,1H3;1-2H3. The highest BCUT2D eigenvalue weighted by atomic mass is 16.6. The van der Waals surface area contributed by atoms with Gasteiger partial charge in [0.15, 0.2) is 6.61 Å². The number of likely N-dealkylation sites (N-methyl/N-ethyl adjacent to an activating group) is 1. The highest BCUT2D eigenvalue weighted by molar-refractivity contribution is 5.77. The molecule has 1 aliphatic rings. The fourth-order valence-electron chi connectivity index (χ4n) is 1.98. The minimum Gasteiger partial charge on any atom is -0.484 e. The number of hydrogen-bond acceptors (Lipinski definition) is 5. The molecule has 1 saturated heterocycles. The molecule has 1 heterocycles. The van der Waals surface area contributed by atoms with Gasteiger partial charge in [-0.05, 0) is 13.1 Å². The van der Waals surface area contributed by atoms with E-state index in [-0.39, 0.29) is 18.2 Å². The lowest BCUT2D eigenvalue weighted by Crippen LogP contribution is -2.48. The second-order valence-corrected chi connectivity index (χ2v) is 4.73. The largest absolute Gasteiger partial charge is 0.484 e. The zero-order chi connectivity index (χ0) is 16.5. The van der Waals surface area contributed by atoms with Gasteiger partial charge in [-0.1, -0.05) is 19.9 Å². The molecule has 0 N–H and O–H groups in total. The SMILES string of the molecule is CC.CN1CCN(C(=O)COc2cccc([N+](=O)[O-])c2)CC1. The molecule has 1 aliphatic heterocycles. The summed E-state index contributed by atoms with van der Waals surface area (Å²) in [5.74, 6) is 0.242. The first-order chi connectivity index (χ1) is 10.6. The highest BCUT2D eigenvalue weighted by Crippen LogP contribution is 2.19. The summed E-state index contributed by atoms with van der Waals surface area (Å²) in [5, 5.41) is 10.6. The smallest absolute Gasteiger partial charge is 0.273 e. The Hall–Kier alpha value is -2.15. The number of nitro groups is 1. The highest BCUT2D eigenvalue weighted by Gasteiger charge is 2.19. The van der Waals surface area contributed by atoms with E-state index in [0.717, 1.165) is 13.1 Å². The van der Waals surface area contributed by atoms with E-state index in [4.69, 9.17) is 4.74 Å². The van der Waals surface area contributed by atoms with Gasteiger partial charge < -0.3 is 14.5 Å². The Labute approximate surface area is 130 Å². The Kier molecular flexibility index (Phi) is 7.31. The number of piperazine rings is 1. The molecule has 0 aliphatic carbocycles. The Morgan fingerprint density at radius 3 is 2.50 bits per heavy atom. The first-order valence-corrected chi connectivity index (χ1v) is 7.40. The van der Waals surface area contributed by atoms with Crippen molar-refractivity contribution in [1.29, 1.82) is 0 Å². The zero-order valence-corrected chi connectivity index (χ0v) is 13.3. The normalized spacial score (nSPS) is 14.8. The summed E-state index contributed by atoms with van der Waals surface area (Å²) in [6.07, 6.45) is 0. The van der Waals surface area contributed by atoms with E-state index in [2.05, 4.69) is 4.90 Å². The van der Waals surface area contributed by atoms with Crippen molar-refractivity contribution in [3.05, 3.63) is 34.4 Å². The van der Waals surface area contributed by atoms with Crippen molar-refractivity contribution in [2.45, 2.75) is 13.8 Å². The number of nitrogens with zero attached hydrogens (tertiary/aromatic N) is 3. The van der Waals surface area contributed by atoms with Crippen LogP contribution in [0.1, 0.15) is 13.8 Å². The number of amides is 1. The summed E-state index contributed by atoms with van der Waals surface area (Å²) in [6, 6.07) is 5.84. The van der Waals surface area contributed by atoms with Gasteiger partial charge in [-0.3, -0.25) is 14.9 Å². The second kappa shape index (κ2) is 8.99. The summed E-state index contributed by atoms with van der Waals surface area (Å²) >= 11 is 0. The maximum atomic E-state index is 11.9. The van der Waals surface area contributed by atoms with Gasteiger partial charge in [-0.25, -0.2) is 0 Å². The number of benzene rings is 1. The van der Waals surface area contributed by atoms with Crippen LogP contribution in [0.25, 0.3) is 0 Å².